The van der Waals surface area contributed by atoms with Gasteiger partial charge in [0.2, 0.25) is 5.91 Å². The highest BCUT2D eigenvalue weighted by Crippen LogP contribution is 2.21. The van der Waals surface area contributed by atoms with Crippen molar-refractivity contribution in [2.45, 2.75) is 26.5 Å². The summed E-state index contributed by atoms with van der Waals surface area (Å²) in [5.41, 5.74) is 3.73. The number of carbonyl (C=O) groups excluding carboxylic acids is 2. The molecule has 0 spiro atoms. The van der Waals surface area contributed by atoms with Gasteiger partial charge in [0.1, 0.15) is 12.6 Å². The molecule has 154 valence electrons. The Morgan fingerprint density at radius 3 is 1.97 bits per heavy atom. The fourth-order valence-electron chi connectivity index (χ4n) is 3.02. The number of rotatable bonds is 7. The van der Waals surface area contributed by atoms with Gasteiger partial charge in [-0.3, -0.25) is 4.79 Å². The molecule has 2 N–H and O–H groups in total. The van der Waals surface area contributed by atoms with Crippen molar-refractivity contribution < 1.29 is 14.3 Å². The van der Waals surface area contributed by atoms with Gasteiger partial charge >= 0.3 is 6.09 Å². The second kappa shape index (κ2) is 10.3. The van der Waals surface area contributed by atoms with E-state index >= 15 is 0 Å². The molecule has 0 radical (unpaired) electrons. The lowest BCUT2D eigenvalue weighted by Gasteiger charge is -2.21. The van der Waals surface area contributed by atoms with Crippen molar-refractivity contribution in [2.24, 2.45) is 5.92 Å². The molecule has 0 saturated heterocycles. The van der Waals surface area contributed by atoms with E-state index in [1.54, 1.807) is 0 Å². The fourth-order valence-corrected chi connectivity index (χ4v) is 3.02. The van der Waals surface area contributed by atoms with Gasteiger partial charge in [-0.2, -0.15) is 0 Å². The van der Waals surface area contributed by atoms with Gasteiger partial charge in [0.15, 0.2) is 0 Å². The van der Waals surface area contributed by atoms with Crippen molar-refractivity contribution in [2.75, 3.05) is 5.32 Å². The van der Waals surface area contributed by atoms with Gasteiger partial charge in [0.25, 0.3) is 0 Å². The smallest absolute Gasteiger partial charge is 0.408 e. The van der Waals surface area contributed by atoms with Crippen LogP contribution in [0.4, 0.5) is 10.5 Å². The van der Waals surface area contributed by atoms with E-state index < -0.39 is 12.1 Å². The maximum absolute atomic E-state index is 12.7. The Hall–Kier alpha value is -3.60. The molecule has 0 aliphatic rings. The Bertz CT molecular complexity index is 955. The first kappa shape index (κ1) is 21.1. The molecule has 5 heteroatoms. The maximum Gasteiger partial charge on any atom is 0.408 e. The Morgan fingerprint density at radius 2 is 1.37 bits per heavy atom. The summed E-state index contributed by atoms with van der Waals surface area (Å²) < 4.78 is 5.24. The standard InChI is InChI=1S/C25H26N2O3/c1-18(2)23(27-25(29)30-17-19-9-5-3-6-10-19)24(28)26-22-15-13-21(14-16-22)20-11-7-4-8-12-20/h3-16,18,23H,17H2,1-2H3,(H,26,28)(H,27,29)/t23-/m0/s1. The van der Waals surface area contributed by atoms with Crippen LogP contribution in [0.2, 0.25) is 0 Å². The topological polar surface area (TPSA) is 67.4 Å². The lowest BCUT2D eigenvalue weighted by Crippen LogP contribution is -2.47. The van der Waals surface area contributed by atoms with Gasteiger partial charge < -0.3 is 15.4 Å². The van der Waals surface area contributed by atoms with E-state index in [0.717, 1.165) is 16.7 Å². The van der Waals surface area contributed by atoms with Crippen molar-refractivity contribution in [3.8, 4) is 11.1 Å². The van der Waals surface area contributed by atoms with Crippen LogP contribution in [0, 0.1) is 5.92 Å². The Kier molecular flexibility index (Phi) is 7.22. The summed E-state index contributed by atoms with van der Waals surface area (Å²) in [6, 6.07) is 26.3. The van der Waals surface area contributed by atoms with Crippen LogP contribution in [0.5, 0.6) is 0 Å². The minimum absolute atomic E-state index is 0.0992. The van der Waals surface area contributed by atoms with Crippen LogP contribution < -0.4 is 10.6 Å². The van der Waals surface area contributed by atoms with Crippen molar-refractivity contribution in [3.05, 3.63) is 90.5 Å². The van der Waals surface area contributed by atoms with Crippen LogP contribution in [0.25, 0.3) is 11.1 Å². The van der Waals surface area contributed by atoms with Crippen molar-refractivity contribution in [1.82, 2.24) is 5.32 Å². The molecule has 0 bridgehead atoms. The van der Waals surface area contributed by atoms with Gasteiger partial charge in [0.05, 0.1) is 0 Å². The number of amides is 2. The molecule has 3 rings (SSSR count). The highest BCUT2D eigenvalue weighted by molar-refractivity contribution is 5.96. The molecule has 3 aromatic carbocycles. The molecule has 30 heavy (non-hydrogen) atoms. The van der Waals surface area contributed by atoms with Crippen LogP contribution in [-0.2, 0) is 16.1 Å². The molecule has 3 aromatic rings. The van der Waals surface area contributed by atoms with Crippen molar-refractivity contribution in [1.29, 1.82) is 0 Å². The molecule has 0 aromatic heterocycles. The zero-order valence-corrected chi connectivity index (χ0v) is 17.2. The Labute approximate surface area is 177 Å². The van der Waals surface area contributed by atoms with Gasteiger partial charge in [-0.15, -0.1) is 0 Å². The van der Waals surface area contributed by atoms with E-state index in [-0.39, 0.29) is 18.4 Å². The lowest BCUT2D eigenvalue weighted by atomic mass is 10.0. The first-order valence-electron chi connectivity index (χ1n) is 9.96. The number of alkyl carbamates (subject to hydrolysis) is 1. The largest absolute Gasteiger partial charge is 0.445 e. The minimum Gasteiger partial charge on any atom is -0.445 e. The molecule has 2 amide bonds. The number of hydrogen-bond donors (Lipinski definition) is 2. The minimum atomic E-state index is -0.706. The molecule has 0 aliphatic heterocycles. The van der Waals surface area contributed by atoms with Crippen LogP contribution in [-0.4, -0.2) is 18.0 Å². The number of nitrogens with one attached hydrogen (secondary N) is 2. The molecule has 0 fully saturated rings. The summed E-state index contributed by atoms with van der Waals surface area (Å²) in [6.45, 7) is 3.90. The highest BCUT2D eigenvalue weighted by atomic mass is 16.5. The zero-order chi connectivity index (χ0) is 21.3. The summed E-state index contributed by atoms with van der Waals surface area (Å²) in [7, 11) is 0. The van der Waals surface area contributed by atoms with Gasteiger partial charge in [-0.25, -0.2) is 4.79 Å². The van der Waals surface area contributed by atoms with E-state index in [0.29, 0.717) is 5.69 Å². The molecule has 0 heterocycles. The van der Waals surface area contributed by atoms with Crippen LogP contribution in [0.15, 0.2) is 84.9 Å². The van der Waals surface area contributed by atoms with Gasteiger partial charge in [0, 0.05) is 5.69 Å². The zero-order valence-electron chi connectivity index (χ0n) is 17.2. The molecule has 1 atom stereocenters. The number of carbonyl (C=O) groups is 2. The van der Waals surface area contributed by atoms with Crippen molar-refractivity contribution >= 4 is 17.7 Å². The molecule has 0 aliphatic carbocycles. The first-order valence-corrected chi connectivity index (χ1v) is 9.96. The summed E-state index contributed by atoms with van der Waals surface area (Å²) in [5, 5.41) is 5.54. The predicted molar refractivity (Wildman–Crippen MR) is 119 cm³/mol. The molecular formula is C25H26N2O3. The monoisotopic (exact) mass is 402 g/mol. The van der Waals surface area contributed by atoms with Crippen molar-refractivity contribution in [3.63, 3.8) is 0 Å². The van der Waals surface area contributed by atoms with E-state index in [1.165, 1.54) is 0 Å². The third-order valence-electron chi connectivity index (χ3n) is 4.69. The average Bonchev–Trinajstić information content (AvgIpc) is 2.77. The third-order valence-corrected chi connectivity index (χ3v) is 4.69. The summed E-state index contributed by atoms with van der Waals surface area (Å²) in [5.74, 6) is -0.382. The predicted octanol–water partition coefficient (Wildman–Crippen LogP) is 5.24. The van der Waals surface area contributed by atoms with E-state index in [9.17, 15) is 9.59 Å². The number of hydrogen-bond acceptors (Lipinski definition) is 3. The third kappa shape index (κ3) is 5.95. The normalized spacial score (nSPS) is 11.6. The van der Waals surface area contributed by atoms with E-state index in [1.807, 2.05) is 98.8 Å². The van der Waals surface area contributed by atoms with Gasteiger partial charge in [-0.1, -0.05) is 86.6 Å². The molecule has 0 unspecified atom stereocenters. The summed E-state index contributed by atoms with van der Waals surface area (Å²) in [6.07, 6.45) is -0.618. The molecule has 0 saturated carbocycles. The highest BCUT2D eigenvalue weighted by Gasteiger charge is 2.25. The fraction of sp³-hybridized carbons (Fsp3) is 0.200. The number of ether oxygens (including phenoxy) is 1. The number of anilines is 1. The maximum atomic E-state index is 12.7. The second-order valence-electron chi connectivity index (χ2n) is 7.36. The van der Waals surface area contributed by atoms with E-state index in [2.05, 4.69) is 10.6 Å². The average molecular weight is 402 g/mol. The Balaban J connectivity index is 1.57. The van der Waals surface area contributed by atoms with Crippen LogP contribution in [0.3, 0.4) is 0 Å². The van der Waals surface area contributed by atoms with E-state index in [4.69, 9.17) is 4.74 Å². The quantitative estimate of drug-likeness (QED) is 0.568. The molecule has 5 nitrogen and oxygen atoms in total. The summed E-state index contributed by atoms with van der Waals surface area (Å²) in [4.78, 5) is 24.9. The number of benzene rings is 3. The lowest BCUT2D eigenvalue weighted by molar-refractivity contribution is -0.119. The first-order chi connectivity index (χ1) is 14.5. The Morgan fingerprint density at radius 1 is 0.800 bits per heavy atom. The summed E-state index contributed by atoms with van der Waals surface area (Å²) >= 11 is 0. The molecular weight excluding hydrogens is 376 g/mol. The van der Waals surface area contributed by atoms with Crippen LogP contribution >= 0.6 is 0 Å². The SMILES string of the molecule is CC(C)[C@H](NC(=O)OCc1ccccc1)C(=O)Nc1ccc(-c2ccccc2)cc1. The van der Waals surface area contributed by atoms with Crippen LogP contribution in [0.1, 0.15) is 19.4 Å². The second-order valence-corrected chi connectivity index (χ2v) is 7.36. The van der Waals surface area contributed by atoms with Gasteiger partial charge in [-0.05, 0) is 34.7 Å².